The van der Waals surface area contributed by atoms with Gasteiger partial charge in [0.25, 0.3) is 0 Å². The average molecular weight is 388 g/mol. The fourth-order valence-corrected chi connectivity index (χ4v) is 3.36. The fraction of sp³-hybridized carbons (Fsp3) is 0.632. The number of aryl methyl sites for hydroxylation is 2. The highest BCUT2D eigenvalue weighted by atomic mass is 35.5. The Labute approximate surface area is 163 Å². The lowest BCUT2D eigenvalue weighted by Crippen LogP contribution is -2.46. The Balaban J connectivity index is 0.00000156. The summed E-state index contributed by atoms with van der Waals surface area (Å²) < 4.78 is 0. The molecule has 25 heavy (non-hydrogen) atoms. The Bertz CT molecular complexity index is 535. The van der Waals surface area contributed by atoms with E-state index >= 15 is 0 Å². The molecule has 1 aliphatic carbocycles. The van der Waals surface area contributed by atoms with Gasteiger partial charge in [-0.2, -0.15) is 0 Å². The van der Waals surface area contributed by atoms with Gasteiger partial charge in [0.15, 0.2) is 0 Å². The minimum Gasteiger partial charge on any atom is -0.376 e. The molecule has 0 spiro atoms. The topological polar surface area (TPSA) is 44.4 Å². The van der Waals surface area contributed by atoms with Crippen molar-refractivity contribution in [2.45, 2.75) is 45.6 Å². The van der Waals surface area contributed by atoms with Crippen LogP contribution in [0.15, 0.2) is 18.2 Å². The van der Waals surface area contributed by atoms with Crippen LogP contribution in [0.5, 0.6) is 0 Å². The Morgan fingerprint density at radius 2 is 1.68 bits per heavy atom. The van der Waals surface area contributed by atoms with Gasteiger partial charge in [0.2, 0.25) is 5.91 Å². The molecular formula is C19H31Cl2N3O. The molecule has 1 amide bonds. The zero-order chi connectivity index (χ0) is 16.2. The standard InChI is InChI=1S/C19H29N3O.2ClH/c1-14-4-3-5-15(2)19(14)21-13-18(23)22-10-8-17(9-11-22)20-12-16-6-7-16;;/h3-5,16-17,20-21H,6-13H2,1-2H3;2*1H. The van der Waals surface area contributed by atoms with E-state index in [1.807, 2.05) is 4.90 Å². The van der Waals surface area contributed by atoms with Crippen LogP contribution in [0, 0.1) is 19.8 Å². The van der Waals surface area contributed by atoms with E-state index < -0.39 is 0 Å². The van der Waals surface area contributed by atoms with Crippen LogP contribution in [0.1, 0.15) is 36.8 Å². The molecule has 2 fully saturated rings. The van der Waals surface area contributed by atoms with Crippen molar-refractivity contribution in [3.63, 3.8) is 0 Å². The summed E-state index contributed by atoms with van der Waals surface area (Å²) >= 11 is 0. The first-order valence-corrected chi connectivity index (χ1v) is 8.94. The van der Waals surface area contributed by atoms with E-state index in [9.17, 15) is 4.79 Å². The van der Waals surface area contributed by atoms with Crippen LogP contribution < -0.4 is 10.6 Å². The van der Waals surface area contributed by atoms with Crippen LogP contribution in [0.25, 0.3) is 0 Å². The molecule has 6 heteroatoms. The Morgan fingerprint density at radius 3 is 2.24 bits per heavy atom. The molecule has 1 saturated heterocycles. The summed E-state index contributed by atoms with van der Waals surface area (Å²) in [7, 11) is 0. The van der Waals surface area contributed by atoms with Gasteiger partial charge in [-0.05, 0) is 63.1 Å². The first-order chi connectivity index (χ1) is 11.1. The third-order valence-corrected chi connectivity index (χ3v) is 5.14. The zero-order valence-corrected chi connectivity index (χ0v) is 16.8. The number of piperidine rings is 1. The van der Waals surface area contributed by atoms with E-state index in [0.29, 0.717) is 12.6 Å². The average Bonchev–Trinajstić information content (AvgIpc) is 3.37. The SMILES string of the molecule is Cc1cccc(C)c1NCC(=O)N1CCC(NCC2CC2)CC1.Cl.Cl. The molecule has 3 rings (SSSR count). The summed E-state index contributed by atoms with van der Waals surface area (Å²) in [6.45, 7) is 7.50. The lowest BCUT2D eigenvalue weighted by Gasteiger charge is -2.32. The van der Waals surface area contributed by atoms with E-state index in [-0.39, 0.29) is 30.7 Å². The minimum atomic E-state index is 0. The summed E-state index contributed by atoms with van der Waals surface area (Å²) in [5.74, 6) is 1.14. The van der Waals surface area contributed by atoms with Gasteiger partial charge in [-0.1, -0.05) is 18.2 Å². The summed E-state index contributed by atoms with van der Waals surface area (Å²) in [6.07, 6.45) is 4.96. The number of carbonyl (C=O) groups is 1. The van der Waals surface area contributed by atoms with Crippen LogP contribution in [-0.4, -0.2) is 43.0 Å². The van der Waals surface area contributed by atoms with Gasteiger partial charge in [0, 0.05) is 24.8 Å². The number of para-hydroxylation sites is 1. The second-order valence-electron chi connectivity index (χ2n) is 7.13. The number of anilines is 1. The molecule has 1 heterocycles. The second-order valence-corrected chi connectivity index (χ2v) is 7.13. The summed E-state index contributed by atoms with van der Waals surface area (Å²) in [6, 6.07) is 6.82. The van der Waals surface area contributed by atoms with Crippen molar-refractivity contribution >= 4 is 36.4 Å². The van der Waals surface area contributed by atoms with Crippen LogP contribution in [0.4, 0.5) is 5.69 Å². The normalized spacial score (nSPS) is 17.4. The minimum absolute atomic E-state index is 0. The van der Waals surface area contributed by atoms with Crippen molar-refractivity contribution < 1.29 is 4.79 Å². The Kier molecular flexibility index (Phi) is 9.04. The number of likely N-dealkylation sites (tertiary alicyclic amines) is 1. The highest BCUT2D eigenvalue weighted by Crippen LogP contribution is 2.28. The van der Waals surface area contributed by atoms with Crippen molar-refractivity contribution in [2.75, 3.05) is 31.5 Å². The first-order valence-electron chi connectivity index (χ1n) is 8.94. The molecule has 0 atom stereocenters. The van der Waals surface area contributed by atoms with E-state index in [1.165, 1.54) is 30.5 Å². The molecule has 2 N–H and O–H groups in total. The van der Waals surface area contributed by atoms with Gasteiger partial charge in [0.05, 0.1) is 6.54 Å². The molecule has 2 aliphatic rings. The lowest BCUT2D eigenvalue weighted by molar-refractivity contribution is -0.130. The van der Waals surface area contributed by atoms with Crippen LogP contribution >= 0.6 is 24.8 Å². The third-order valence-electron chi connectivity index (χ3n) is 5.14. The Hall–Kier alpha value is -0.970. The summed E-state index contributed by atoms with van der Waals surface area (Å²) in [5.41, 5.74) is 3.49. The van der Waals surface area contributed by atoms with Crippen molar-refractivity contribution in [1.82, 2.24) is 10.2 Å². The number of nitrogens with one attached hydrogen (secondary N) is 2. The van der Waals surface area contributed by atoms with Crippen LogP contribution in [0.3, 0.4) is 0 Å². The molecule has 142 valence electrons. The number of rotatable bonds is 6. The predicted octanol–water partition coefficient (Wildman–Crippen LogP) is 3.55. The largest absolute Gasteiger partial charge is 0.376 e. The van der Waals surface area contributed by atoms with Crippen LogP contribution in [0.2, 0.25) is 0 Å². The summed E-state index contributed by atoms with van der Waals surface area (Å²) in [5, 5.41) is 6.99. The van der Waals surface area contributed by atoms with Crippen molar-refractivity contribution in [1.29, 1.82) is 0 Å². The van der Waals surface area contributed by atoms with E-state index in [1.54, 1.807) is 0 Å². The monoisotopic (exact) mass is 387 g/mol. The molecule has 4 nitrogen and oxygen atoms in total. The third kappa shape index (κ3) is 6.36. The maximum atomic E-state index is 12.4. The first kappa shape index (κ1) is 22.1. The fourth-order valence-electron chi connectivity index (χ4n) is 3.36. The number of halogens is 2. The number of benzene rings is 1. The maximum absolute atomic E-state index is 12.4. The highest BCUT2D eigenvalue weighted by molar-refractivity contribution is 5.85. The highest BCUT2D eigenvalue weighted by Gasteiger charge is 2.25. The molecular weight excluding hydrogens is 357 g/mol. The molecule has 1 saturated carbocycles. The van der Waals surface area contributed by atoms with E-state index in [0.717, 1.165) is 37.5 Å². The Morgan fingerprint density at radius 1 is 1.08 bits per heavy atom. The number of amides is 1. The predicted molar refractivity (Wildman–Crippen MR) is 109 cm³/mol. The molecule has 1 aromatic rings. The lowest BCUT2D eigenvalue weighted by atomic mass is 10.0. The molecule has 0 aromatic heterocycles. The van der Waals surface area contributed by atoms with Crippen molar-refractivity contribution in [3.8, 4) is 0 Å². The van der Waals surface area contributed by atoms with Gasteiger partial charge < -0.3 is 15.5 Å². The number of hydrogen-bond donors (Lipinski definition) is 2. The number of nitrogens with zero attached hydrogens (tertiary/aromatic N) is 1. The number of carbonyl (C=O) groups excluding carboxylic acids is 1. The van der Waals surface area contributed by atoms with E-state index in [2.05, 4.69) is 42.7 Å². The van der Waals surface area contributed by atoms with Gasteiger partial charge >= 0.3 is 0 Å². The van der Waals surface area contributed by atoms with Gasteiger partial charge in [-0.25, -0.2) is 0 Å². The molecule has 1 aliphatic heterocycles. The molecule has 1 aromatic carbocycles. The quantitative estimate of drug-likeness (QED) is 0.784. The zero-order valence-electron chi connectivity index (χ0n) is 15.2. The van der Waals surface area contributed by atoms with E-state index in [4.69, 9.17) is 0 Å². The van der Waals surface area contributed by atoms with Crippen molar-refractivity contribution in [3.05, 3.63) is 29.3 Å². The van der Waals surface area contributed by atoms with Gasteiger partial charge in [0.1, 0.15) is 0 Å². The van der Waals surface area contributed by atoms with Gasteiger partial charge in [-0.15, -0.1) is 24.8 Å². The van der Waals surface area contributed by atoms with Gasteiger partial charge in [-0.3, -0.25) is 4.79 Å². The second kappa shape index (κ2) is 10.2. The van der Waals surface area contributed by atoms with Crippen LogP contribution in [-0.2, 0) is 4.79 Å². The summed E-state index contributed by atoms with van der Waals surface area (Å²) in [4.78, 5) is 14.4. The number of hydrogen-bond acceptors (Lipinski definition) is 3. The van der Waals surface area contributed by atoms with Crippen molar-refractivity contribution in [2.24, 2.45) is 5.92 Å². The maximum Gasteiger partial charge on any atom is 0.241 e. The molecule has 0 unspecified atom stereocenters. The molecule has 0 bridgehead atoms. The molecule has 0 radical (unpaired) electrons. The smallest absolute Gasteiger partial charge is 0.241 e.